The maximum Gasteiger partial charge on any atom is 0.163 e. The molecule has 0 amide bonds. The molecule has 6 heteroatoms. The Hall–Kier alpha value is -2.90. The van der Waals surface area contributed by atoms with Gasteiger partial charge < -0.3 is 29.6 Å². The first kappa shape index (κ1) is 17.0. The second-order valence-electron chi connectivity index (χ2n) is 7.67. The fraction of sp³-hybridized carbons (Fsp3) is 0.217. The molecule has 3 heterocycles. The largest absolute Gasteiger partial charge is 0.394 e. The van der Waals surface area contributed by atoms with Gasteiger partial charge in [-0.1, -0.05) is 48.5 Å². The topological polar surface area (TPSA) is 90.6 Å². The molecule has 0 radical (unpaired) electrons. The van der Waals surface area contributed by atoms with E-state index in [-0.39, 0.29) is 6.61 Å². The van der Waals surface area contributed by atoms with E-state index in [4.69, 9.17) is 4.74 Å². The van der Waals surface area contributed by atoms with Crippen LogP contribution in [-0.2, 0) is 4.74 Å². The Balaban J connectivity index is 1.76. The van der Waals surface area contributed by atoms with Crippen molar-refractivity contribution in [3.8, 4) is 0 Å². The van der Waals surface area contributed by atoms with Gasteiger partial charge in [-0.2, -0.15) is 0 Å². The molecular formula is C23H20N2O4. The molecule has 1 aliphatic heterocycles. The van der Waals surface area contributed by atoms with E-state index in [1.165, 1.54) is 0 Å². The molecule has 0 aliphatic carbocycles. The van der Waals surface area contributed by atoms with Crippen LogP contribution in [0.5, 0.6) is 0 Å². The lowest BCUT2D eigenvalue weighted by Crippen LogP contribution is -2.33. The SMILES string of the molecule is OC[C@H]1OC(n2c3ccccc3c3ccc4c5ccccc5[nH]c4c32)[C@H](O)[C@@H]1O. The number of hydrogen-bond donors (Lipinski definition) is 4. The number of rotatable bonds is 2. The number of aliphatic hydroxyl groups is 3. The highest BCUT2D eigenvalue weighted by molar-refractivity contribution is 6.22. The van der Waals surface area contributed by atoms with Gasteiger partial charge in [0.05, 0.1) is 23.2 Å². The summed E-state index contributed by atoms with van der Waals surface area (Å²) in [5, 5.41) is 34.9. The summed E-state index contributed by atoms with van der Waals surface area (Å²) >= 11 is 0. The van der Waals surface area contributed by atoms with Crippen LogP contribution in [0.15, 0.2) is 60.7 Å². The van der Waals surface area contributed by atoms with Crippen LogP contribution in [0.1, 0.15) is 6.23 Å². The number of hydrogen-bond acceptors (Lipinski definition) is 4. The zero-order valence-corrected chi connectivity index (χ0v) is 15.5. The minimum atomic E-state index is -1.15. The van der Waals surface area contributed by atoms with Gasteiger partial charge in [0.15, 0.2) is 6.23 Å². The van der Waals surface area contributed by atoms with Gasteiger partial charge in [0.25, 0.3) is 0 Å². The third-order valence-corrected chi connectivity index (χ3v) is 6.12. The van der Waals surface area contributed by atoms with E-state index >= 15 is 0 Å². The van der Waals surface area contributed by atoms with Gasteiger partial charge in [-0.25, -0.2) is 0 Å². The second kappa shape index (κ2) is 6.05. The number of para-hydroxylation sites is 2. The maximum absolute atomic E-state index is 10.7. The molecule has 5 aromatic rings. The number of aromatic amines is 1. The molecule has 1 saturated heterocycles. The molecule has 1 unspecified atom stereocenters. The summed E-state index contributed by atoms with van der Waals surface area (Å²) in [6, 6.07) is 20.3. The van der Waals surface area contributed by atoms with Crippen molar-refractivity contribution in [1.82, 2.24) is 9.55 Å². The molecule has 4 atom stereocenters. The number of ether oxygens (including phenoxy) is 1. The number of fused-ring (bicyclic) bond motifs is 7. The third kappa shape index (κ3) is 2.20. The fourth-order valence-electron chi connectivity index (χ4n) is 4.76. The predicted molar refractivity (Wildman–Crippen MR) is 112 cm³/mol. The van der Waals surface area contributed by atoms with Crippen molar-refractivity contribution in [2.45, 2.75) is 24.5 Å². The van der Waals surface area contributed by atoms with Gasteiger partial charge >= 0.3 is 0 Å². The highest BCUT2D eigenvalue weighted by Crippen LogP contribution is 2.41. The number of H-pyrrole nitrogens is 1. The Morgan fingerprint density at radius 1 is 0.828 bits per heavy atom. The normalized spacial score (nSPS) is 25.1. The summed E-state index contributed by atoms with van der Waals surface area (Å²) in [5.74, 6) is 0. The fourth-order valence-corrected chi connectivity index (χ4v) is 4.76. The van der Waals surface area contributed by atoms with E-state index in [0.717, 1.165) is 43.6 Å². The standard InChI is InChI=1S/C23H20N2O4/c26-11-18-21(27)22(28)23(29-18)25-17-8-4-2-6-13(17)15-10-9-14-12-5-1-3-7-16(12)24-19(14)20(15)25/h1-10,18,21-24,26-28H,11H2/t18-,21-,22-,23?/m1/s1. The number of benzene rings is 3. The van der Waals surface area contributed by atoms with Gasteiger partial charge in [0, 0.05) is 27.1 Å². The van der Waals surface area contributed by atoms with Crippen molar-refractivity contribution in [2.24, 2.45) is 0 Å². The van der Waals surface area contributed by atoms with Gasteiger partial charge in [-0.15, -0.1) is 0 Å². The van der Waals surface area contributed by atoms with Gasteiger partial charge in [-0.3, -0.25) is 0 Å². The van der Waals surface area contributed by atoms with Gasteiger partial charge in [0.2, 0.25) is 0 Å². The van der Waals surface area contributed by atoms with E-state index in [2.05, 4.69) is 23.2 Å². The monoisotopic (exact) mass is 388 g/mol. The Kier molecular flexibility index (Phi) is 3.54. The zero-order chi connectivity index (χ0) is 19.7. The third-order valence-electron chi connectivity index (χ3n) is 6.12. The summed E-state index contributed by atoms with van der Waals surface area (Å²) in [7, 11) is 0. The summed E-state index contributed by atoms with van der Waals surface area (Å²) < 4.78 is 7.87. The van der Waals surface area contributed by atoms with Crippen LogP contribution in [0.25, 0.3) is 43.6 Å². The Morgan fingerprint density at radius 2 is 1.55 bits per heavy atom. The lowest BCUT2D eigenvalue weighted by Gasteiger charge is -2.19. The zero-order valence-electron chi connectivity index (χ0n) is 15.5. The number of nitrogens with one attached hydrogen (secondary N) is 1. The molecule has 0 saturated carbocycles. The first-order chi connectivity index (χ1) is 14.2. The highest BCUT2D eigenvalue weighted by atomic mass is 16.6. The van der Waals surface area contributed by atoms with E-state index in [1.54, 1.807) is 0 Å². The smallest absolute Gasteiger partial charge is 0.163 e. The number of nitrogens with zero attached hydrogens (tertiary/aromatic N) is 1. The predicted octanol–water partition coefficient (Wildman–Crippen LogP) is 3.04. The molecule has 0 bridgehead atoms. The lowest BCUT2D eigenvalue weighted by molar-refractivity contribution is -0.0487. The van der Waals surface area contributed by atoms with Crippen LogP contribution in [0.3, 0.4) is 0 Å². The molecule has 4 N–H and O–H groups in total. The van der Waals surface area contributed by atoms with Gasteiger partial charge in [-0.05, 0) is 12.1 Å². The van der Waals surface area contributed by atoms with E-state index in [1.807, 2.05) is 47.0 Å². The van der Waals surface area contributed by atoms with Crippen LogP contribution in [0, 0.1) is 0 Å². The molecule has 3 aromatic carbocycles. The maximum atomic E-state index is 10.7. The summed E-state index contributed by atoms with van der Waals surface area (Å²) in [6.07, 6.45) is -3.93. The van der Waals surface area contributed by atoms with Gasteiger partial charge in [0.1, 0.15) is 18.3 Å². The molecule has 29 heavy (non-hydrogen) atoms. The summed E-state index contributed by atoms with van der Waals surface area (Å²) in [5.41, 5.74) is 3.81. The first-order valence-corrected chi connectivity index (χ1v) is 9.73. The molecule has 0 spiro atoms. The average Bonchev–Trinajstić information content (AvgIpc) is 3.38. The summed E-state index contributed by atoms with van der Waals surface area (Å²) in [4.78, 5) is 3.53. The van der Waals surface area contributed by atoms with E-state index < -0.39 is 24.5 Å². The molecule has 1 fully saturated rings. The van der Waals surface area contributed by atoms with Crippen LogP contribution in [0.2, 0.25) is 0 Å². The Labute approximate surface area is 165 Å². The molecular weight excluding hydrogens is 368 g/mol. The molecule has 6 nitrogen and oxygen atoms in total. The Morgan fingerprint density at radius 3 is 2.34 bits per heavy atom. The van der Waals surface area contributed by atoms with Crippen LogP contribution in [-0.4, -0.2) is 49.8 Å². The molecule has 1 aliphatic rings. The second-order valence-corrected chi connectivity index (χ2v) is 7.67. The lowest BCUT2D eigenvalue weighted by atomic mass is 10.1. The van der Waals surface area contributed by atoms with Crippen molar-refractivity contribution in [3.05, 3.63) is 60.7 Å². The van der Waals surface area contributed by atoms with E-state index in [0.29, 0.717) is 0 Å². The van der Waals surface area contributed by atoms with Crippen LogP contribution < -0.4 is 0 Å². The first-order valence-electron chi connectivity index (χ1n) is 9.73. The number of aromatic nitrogens is 2. The van der Waals surface area contributed by atoms with Crippen molar-refractivity contribution in [2.75, 3.05) is 6.61 Å². The van der Waals surface area contributed by atoms with Crippen LogP contribution >= 0.6 is 0 Å². The Bertz CT molecular complexity index is 1390. The highest BCUT2D eigenvalue weighted by Gasteiger charge is 2.44. The minimum Gasteiger partial charge on any atom is -0.394 e. The average molecular weight is 388 g/mol. The molecule has 6 rings (SSSR count). The molecule has 2 aromatic heterocycles. The number of aliphatic hydroxyl groups excluding tert-OH is 3. The quantitative estimate of drug-likeness (QED) is 0.374. The van der Waals surface area contributed by atoms with Crippen molar-refractivity contribution in [1.29, 1.82) is 0 Å². The van der Waals surface area contributed by atoms with Crippen molar-refractivity contribution in [3.63, 3.8) is 0 Å². The van der Waals surface area contributed by atoms with Crippen LogP contribution in [0.4, 0.5) is 0 Å². The van der Waals surface area contributed by atoms with Crippen molar-refractivity contribution >= 4 is 43.6 Å². The molecule has 146 valence electrons. The summed E-state index contributed by atoms with van der Waals surface area (Å²) in [6.45, 7) is -0.354. The minimum absolute atomic E-state index is 0.354. The van der Waals surface area contributed by atoms with E-state index in [9.17, 15) is 15.3 Å². The van der Waals surface area contributed by atoms with Crippen molar-refractivity contribution < 1.29 is 20.1 Å².